The van der Waals surface area contributed by atoms with Crippen LogP contribution in [-0.2, 0) is 9.59 Å². The van der Waals surface area contributed by atoms with Gasteiger partial charge in [0.1, 0.15) is 11.9 Å². The summed E-state index contributed by atoms with van der Waals surface area (Å²) in [4.78, 5) is 29.4. The van der Waals surface area contributed by atoms with Gasteiger partial charge >= 0.3 is 0 Å². The second-order valence-electron chi connectivity index (χ2n) is 7.01. The zero-order valence-electron chi connectivity index (χ0n) is 15.4. The average molecular weight is 364 g/mol. The molecule has 0 saturated heterocycles. The summed E-state index contributed by atoms with van der Waals surface area (Å²) < 4.78 is 0. The molecule has 1 aliphatic rings. The van der Waals surface area contributed by atoms with Crippen LogP contribution >= 0.6 is 11.8 Å². The van der Waals surface area contributed by atoms with Gasteiger partial charge < -0.3 is 10.6 Å². The molecule has 25 heavy (non-hydrogen) atoms. The van der Waals surface area contributed by atoms with Gasteiger partial charge in [-0.2, -0.15) is 11.8 Å². The Morgan fingerprint density at radius 1 is 1.28 bits per heavy atom. The number of nitrogens with one attached hydrogen (secondary N) is 2. The first-order chi connectivity index (χ1) is 12.0. The molecule has 1 aliphatic carbocycles. The lowest BCUT2D eigenvalue weighted by Gasteiger charge is -2.27. The highest BCUT2D eigenvalue weighted by Crippen LogP contribution is 2.28. The first kappa shape index (κ1) is 19.8. The summed E-state index contributed by atoms with van der Waals surface area (Å²) in [6, 6.07) is 3.17. The topological polar surface area (TPSA) is 71.1 Å². The Labute approximate surface area is 154 Å². The molecule has 1 heterocycles. The Kier molecular flexibility index (Phi) is 7.75. The highest BCUT2D eigenvalue weighted by Gasteiger charge is 2.28. The molecule has 2 amide bonds. The fraction of sp³-hybridized carbons (Fsp3) is 0.632. The molecule has 0 unspecified atom stereocenters. The van der Waals surface area contributed by atoms with E-state index in [2.05, 4.69) is 22.5 Å². The molecule has 138 valence electrons. The first-order valence-corrected chi connectivity index (χ1v) is 10.4. The van der Waals surface area contributed by atoms with Gasteiger partial charge in [-0.05, 0) is 68.6 Å². The van der Waals surface area contributed by atoms with Gasteiger partial charge in [0.2, 0.25) is 11.8 Å². The van der Waals surface area contributed by atoms with E-state index >= 15 is 0 Å². The fourth-order valence-corrected chi connectivity index (χ4v) is 3.54. The van der Waals surface area contributed by atoms with Gasteiger partial charge in [0.25, 0.3) is 0 Å². The monoisotopic (exact) mass is 363 g/mol. The number of hydrogen-bond acceptors (Lipinski definition) is 4. The van der Waals surface area contributed by atoms with Crippen molar-refractivity contribution in [2.24, 2.45) is 11.8 Å². The van der Waals surface area contributed by atoms with Crippen LogP contribution in [0.25, 0.3) is 0 Å². The summed E-state index contributed by atoms with van der Waals surface area (Å²) in [7, 11) is 0. The normalized spacial score (nSPS) is 21.4. The Morgan fingerprint density at radius 3 is 2.60 bits per heavy atom. The number of amides is 2. The SMILES string of the molecule is CSCC[C@H](NC(=O)C1CCC(C)CC1)C(=O)Nc1ccc(C)cn1. The van der Waals surface area contributed by atoms with E-state index in [-0.39, 0.29) is 17.7 Å². The molecule has 1 atom stereocenters. The first-order valence-electron chi connectivity index (χ1n) is 9.02. The van der Waals surface area contributed by atoms with Crippen molar-refractivity contribution in [3.8, 4) is 0 Å². The van der Waals surface area contributed by atoms with E-state index in [0.717, 1.165) is 37.0 Å². The summed E-state index contributed by atoms with van der Waals surface area (Å²) in [5.74, 6) is 1.91. The highest BCUT2D eigenvalue weighted by molar-refractivity contribution is 7.98. The third kappa shape index (κ3) is 6.34. The molecule has 1 saturated carbocycles. The molecule has 1 aromatic heterocycles. The summed E-state index contributed by atoms with van der Waals surface area (Å²) in [6.45, 7) is 4.18. The van der Waals surface area contributed by atoms with Crippen LogP contribution in [0.15, 0.2) is 18.3 Å². The van der Waals surface area contributed by atoms with Crippen molar-refractivity contribution in [2.75, 3.05) is 17.3 Å². The molecule has 0 aliphatic heterocycles. The molecule has 0 spiro atoms. The van der Waals surface area contributed by atoms with Crippen LogP contribution in [0.2, 0.25) is 0 Å². The molecule has 0 radical (unpaired) electrons. The molecule has 6 heteroatoms. The molecule has 2 N–H and O–H groups in total. The van der Waals surface area contributed by atoms with Crippen LogP contribution < -0.4 is 10.6 Å². The lowest BCUT2D eigenvalue weighted by atomic mass is 9.82. The molecular weight excluding hydrogens is 334 g/mol. The summed E-state index contributed by atoms with van der Waals surface area (Å²) in [6.07, 6.45) is 8.36. The van der Waals surface area contributed by atoms with Crippen molar-refractivity contribution in [1.82, 2.24) is 10.3 Å². The van der Waals surface area contributed by atoms with Crippen LogP contribution in [-0.4, -0.2) is 34.8 Å². The van der Waals surface area contributed by atoms with Crippen molar-refractivity contribution >= 4 is 29.4 Å². The lowest BCUT2D eigenvalue weighted by Crippen LogP contribution is -2.47. The van der Waals surface area contributed by atoms with E-state index in [0.29, 0.717) is 18.2 Å². The van der Waals surface area contributed by atoms with E-state index in [9.17, 15) is 9.59 Å². The highest BCUT2D eigenvalue weighted by atomic mass is 32.2. The van der Waals surface area contributed by atoms with Crippen molar-refractivity contribution in [2.45, 2.75) is 52.0 Å². The number of pyridine rings is 1. The Morgan fingerprint density at radius 2 is 2.00 bits per heavy atom. The van der Waals surface area contributed by atoms with Gasteiger partial charge in [-0.1, -0.05) is 13.0 Å². The minimum absolute atomic E-state index is 0.0185. The molecule has 0 aromatic carbocycles. The minimum atomic E-state index is -0.512. The Balaban J connectivity index is 1.95. The van der Waals surface area contributed by atoms with E-state index in [4.69, 9.17) is 0 Å². The maximum atomic E-state index is 12.6. The summed E-state index contributed by atoms with van der Waals surface area (Å²) >= 11 is 1.67. The van der Waals surface area contributed by atoms with E-state index in [1.807, 2.05) is 19.2 Å². The van der Waals surface area contributed by atoms with E-state index < -0.39 is 6.04 Å². The molecule has 2 rings (SSSR count). The Hall–Kier alpha value is -1.56. The zero-order chi connectivity index (χ0) is 18.2. The average Bonchev–Trinajstić information content (AvgIpc) is 2.61. The third-order valence-corrected chi connectivity index (χ3v) is 5.44. The number of hydrogen-bond donors (Lipinski definition) is 2. The van der Waals surface area contributed by atoms with Gasteiger partial charge in [-0.25, -0.2) is 4.98 Å². The number of carbonyl (C=O) groups is 2. The predicted molar refractivity (Wildman–Crippen MR) is 104 cm³/mol. The second kappa shape index (κ2) is 9.80. The standard InChI is InChI=1S/C19H29N3O2S/c1-13-4-7-15(8-5-13)18(23)21-16(10-11-25-3)19(24)22-17-9-6-14(2)12-20-17/h6,9,12-13,15-16H,4-5,7-8,10-11H2,1-3H3,(H,21,23)(H,20,22,24)/t13?,15?,16-/m0/s1. The van der Waals surface area contributed by atoms with Crippen molar-refractivity contribution < 1.29 is 9.59 Å². The van der Waals surface area contributed by atoms with Gasteiger partial charge in [0.05, 0.1) is 0 Å². The predicted octanol–water partition coefficient (Wildman–Crippen LogP) is 3.39. The maximum Gasteiger partial charge on any atom is 0.248 e. The van der Waals surface area contributed by atoms with E-state index in [1.165, 1.54) is 0 Å². The zero-order valence-corrected chi connectivity index (χ0v) is 16.2. The van der Waals surface area contributed by atoms with Gasteiger partial charge in [-0.3, -0.25) is 9.59 Å². The number of nitrogens with zero attached hydrogens (tertiary/aromatic N) is 1. The Bertz CT molecular complexity index is 569. The lowest BCUT2D eigenvalue weighted by molar-refractivity contribution is -0.130. The smallest absolute Gasteiger partial charge is 0.248 e. The van der Waals surface area contributed by atoms with Gasteiger partial charge in [0.15, 0.2) is 0 Å². The third-order valence-electron chi connectivity index (χ3n) is 4.79. The van der Waals surface area contributed by atoms with Gasteiger partial charge in [0, 0.05) is 12.1 Å². The van der Waals surface area contributed by atoms with Crippen LogP contribution in [0.4, 0.5) is 5.82 Å². The quantitative estimate of drug-likeness (QED) is 0.779. The number of rotatable bonds is 7. The van der Waals surface area contributed by atoms with Crippen LogP contribution in [0, 0.1) is 18.8 Å². The van der Waals surface area contributed by atoms with Crippen molar-refractivity contribution in [1.29, 1.82) is 0 Å². The maximum absolute atomic E-state index is 12.6. The van der Waals surface area contributed by atoms with E-state index in [1.54, 1.807) is 24.0 Å². The van der Waals surface area contributed by atoms with Crippen LogP contribution in [0.1, 0.15) is 44.6 Å². The minimum Gasteiger partial charge on any atom is -0.344 e. The number of thioether (sulfide) groups is 1. The second-order valence-corrected chi connectivity index (χ2v) is 8.00. The van der Waals surface area contributed by atoms with Crippen molar-refractivity contribution in [3.05, 3.63) is 23.9 Å². The molecule has 1 aromatic rings. The molecule has 1 fully saturated rings. The van der Waals surface area contributed by atoms with Crippen LogP contribution in [0.5, 0.6) is 0 Å². The molecule has 0 bridgehead atoms. The number of aromatic nitrogens is 1. The molecular formula is C19H29N3O2S. The number of anilines is 1. The van der Waals surface area contributed by atoms with Crippen molar-refractivity contribution in [3.63, 3.8) is 0 Å². The van der Waals surface area contributed by atoms with Crippen LogP contribution in [0.3, 0.4) is 0 Å². The number of carbonyl (C=O) groups excluding carboxylic acids is 2. The molecule has 5 nitrogen and oxygen atoms in total. The fourth-order valence-electron chi connectivity index (χ4n) is 3.07. The van der Waals surface area contributed by atoms with Gasteiger partial charge in [-0.15, -0.1) is 0 Å². The number of aryl methyl sites for hydroxylation is 1. The summed E-state index contributed by atoms with van der Waals surface area (Å²) in [5.41, 5.74) is 1.04. The largest absolute Gasteiger partial charge is 0.344 e. The summed E-state index contributed by atoms with van der Waals surface area (Å²) in [5, 5.41) is 5.80.